The molecule has 2 N–H and O–H groups in total. The summed E-state index contributed by atoms with van der Waals surface area (Å²) in [6, 6.07) is 13.7. The fraction of sp³-hybridized carbons (Fsp3) is 0.200. The van der Waals surface area contributed by atoms with Gasteiger partial charge in [-0.15, -0.1) is 0 Å². The van der Waals surface area contributed by atoms with Gasteiger partial charge in [0.25, 0.3) is 0 Å². The molecule has 2 aromatic rings. The van der Waals surface area contributed by atoms with Crippen molar-refractivity contribution in [2.24, 2.45) is 0 Å². The van der Waals surface area contributed by atoms with Crippen molar-refractivity contribution in [3.8, 4) is 0 Å². The summed E-state index contributed by atoms with van der Waals surface area (Å²) >= 11 is 0. The normalized spacial score (nSPS) is 20.8. The molecule has 1 aromatic heterocycles. The molecule has 1 aliphatic rings. The van der Waals surface area contributed by atoms with Crippen molar-refractivity contribution in [1.29, 1.82) is 0 Å². The van der Waals surface area contributed by atoms with Crippen molar-refractivity contribution >= 4 is 11.8 Å². The van der Waals surface area contributed by atoms with E-state index in [4.69, 9.17) is 5.11 Å². The van der Waals surface area contributed by atoms with Crippen LogP contribution in [0.5, 0.6) is 0 Å². The number of benzene rings is 1. The van der Waals surface area contributed by atoms with Crippen LogP contribution < -0.4 is 5.32 Å². The zero-order chi connectivity index (χ0) is 13.2. The van der Waals surface area contributed by atoms with E-state index in [1.807, 2.05) is 18.2 Å². The Bertz CT molecular complexity index is 598. The molecule has 0 amide bonds. The van der Waals surface area contributed by atoms with Crippen LogP contribution in [0.1, 0.15) is 28.3 Å². The summed E-state index contributed by atoms with van der Waals surface area (Å²) in [5.74, 6) is 0.195. The molecule has 2 atom stereocenters. The van der Waals surface area contributed by atoms with Crippen LogP contribution in [-0.2, 0) is 0 Å². The largest absolute Gasteiger partial charge is 0.478 e. The van der Waals surface area contributed by atoms with E-state index in [2.05, 4.69) is 22.4 Å². The monoisotopic (exact) mass is 254 g/mol. The predicted octanol–water partition coefficient (Wildman–Crippen LogP) is 2.75. The average molecular weight is 254 g/mol. The standard InChI is InChI=1S/C15H14N2O2/c18-15(19)11-6-7-16-14(8-11)17-13-9-12(13)10-4-2-1-3-5-10/h1-8,12-13H,9H2,(H,16,17)(H,18,19). The quantitative estimate of drug-likeness (QED) is 0.880. The number of nitrogens with one attached hydrogen (secondary N) is 1. The van der Waals surface area contributed by atoms with E-state index in [9.17, 15) is 4.79 Å². The van der Waals surface area contributed by atoms with Crippen LogP contribution >= 0.6 is 0 Å². The van der Waals surface area contributed by atoms with E-state index in [1.54, 1.807) is 6.07 Å². The Morgan fingerprint density at radius 2 is 2.05 bits per heavy atom. The van der Waals surface area contributed by atoms with Crippen molar-refractivity contribution in [2.75, 3.05) is 5.32 Å². The Kier molecular flexibility index (Phi) is 2.91. The van der Waals surface area contributed by atoms with Gasteiger partial charge in [0.2, 0.25) is 0 Å². The molecule has 4 nitrogen and oxygen atoms in total. The summed E-state index contributed by atoms with van der Waals surface area (Å²) in [4.78, 5) is 15.0. The molecule has 1 aromatic carbocycles. The highest BCUT2D eigenvalue weighted by molar-refractivity contribution is 5.88. The second-order valence-electron chi connectivity index (χ2n) is 4.74. The molecule has 1 aliphatic carbocycles. The molecule has 0 spiro atoms. The van der Waals surface area contributed by atoms with E-state index in [0.29, 0.717) is 17.8 Å². The van der Waals surface area contributed by atoms with Crippen molar-refractivity contribution < 1.29 is 9.90 Å². The lowest BCUT2D eigenvalue weighted by Crippen LogP contribution is -2.07. The molecule has 19 heavy (non-hydrogen) atoms. The first-order valence-corrected chi connectivity index (χ1v) is 6.25. The van der Waals surface area contributed by atoms with Crippen LogP contribution in [0.4, 0.5) is 5.82 Å². The van der Waals surface area contributed by atoms with Gasteiger partial charge in [-0.1, -0.05) is 30.3 Å². The number of rotatable bonds is 4. The number of nitrogens with zero attached hydrogens (tertiary/aromatic N) is 1. The maximum atomic E-state index is 10.9. The van der Waals surface area contributed by atoms with Crippen molar-refractivity contribution in [1.82, 2.24) is 4.98 Å². The van der Waals surface area contributed by atoms with Crippen LogP contribution in [0.2, 0.25) is 0 Å². The van der Waals surface area contributed by atoms with Crippen LogP contribution in [0, 0.1) is 0 Å². The highest BCUT2D eigenvalue weighted by Gasteiger charge is 2.38. The van der Waals surface area contributed by atoms with Crippen LogP contribution in [0.15, 0.2) is 48.7 Å². The minimum Gasteiger partial charge on any atom is -0.478 e. The third-order valence-corrected chi connectivity index (χ3v) is 3.36. The lowest BCUT2D eigenvalue weighted by molar-refractivity contribution is 0.0697. The number of aromatic carboxylic acids is 1. The zero-order valence-corrected chi connectivity index (χ0v) is 10.3. The molecule has 0 aliphatic heterocycles. The van der Waals surface area contributed by atoms with Gasteiger partial charge in [-0.3, -0.25) is 0 Å². The number of hydrogen-bond donors (Lipinski definition) is 2. The number of aromatic nitrogens is 1. The van der Waals surface area contributed by atoms with Crippen LogP contribution in [-0.4, -0.2) is 22.1 Å². The molecule has 1 fully saturated rings. The summed E-state index contributed by atoms with van der Waals surface area (Å²) in [5, 5.41) is 12.2. The van der Waals surface area contributed by atoms with E-state index in [-0.39, 0.29) is 5.56 Å². The first-order valence-electron chi connectivity index (χ1n) is 6.25. The Morgan fingerprint density at radius 3 is 2.79 bits per heavy atom. The Morgan fingerprint density at radius 1 is 1.26 bits per heavy atom. The first-order chi connectivity index (χ1) is 9.24. The SMILES string of the molecule is O=C(O)c1ccnc(NC2CC2c2ccccc2)c1. The van der Waals surface area contributed by atoms with Gasteiger partial charge in [0.1, 0.15) is 5.82 Å². The molecule has 0 radical (unpaired) electrons. The summed E-state index contributed by atoms with van der Waals surface area (Å²) in [5.41, 5.74) is 1.57. The van der Waals surface area contributed by atoms with Gasteiger partial charge in [-0.05, 0) is 24.1 Å². The van der Waals surface area contributed by atoms with Gasteiger partial charge in [-0.25, -0.2) is 9.78 Å². The molecular formula is C15H14N2O2. The van der Waals surface area contributed by atoms with Gasteiger partial charge in [0.05, 0.1) is 5.56 Å². The summed E-state index contributed by atoms with van der Waals surface area (Å²) in [6.07, 6.45) is 2.58. The second kappa shape index (κ2) is 4.72. The van der Waals surface area contributed by atoms with E-state index >= 15 is 0 Å². The number of hydrogen-bond acceptors (Lipinski definition) is 3. The Labute approximate surface area is 111 Å². The van der Waals surface area contributed by atoms with Gasteiger partial charge in [-0.2, -0.15) is 0 Å². The second-order valence-corrected chi connectivity index (χ2v) is 4.74. The maximum absolute atomic E-state index is 10.9. The average Bonchev–Trinajstić information content (AvgIpc) is 3.19. The number of carboxylic acid groups (broad SMARTS) is 1. The number of anilines is 1. The van der Waals surface area contributed by atoms with E-state index in [1.165, 1.54) is 17.8 Å². The minimum absolute atomic E-state index is 0.259. The zero-order valence-electron chi connectivity index (χ0n) is 10.3. The fourth-order valence-corrected chi connectivity index (χ4v) is 2.26. The van der Waals surface area contributed by atoms with E-state index < -0.39 is 5.97 Å². The van der Waals surface area contributed by atoms with Crippen molar-refractivity contribution in [2.45, 2.75) is 18.4 Å². The van der Waals surface area contributed by atoms with Gasteiger partial charge < -0.3 is 10.4 Å². The van der Waals surface area contributed by atoms with Crippen LogP contribution in [0.25, 0.3) is 0 Å². The lowest BCUT2D eigenvalue weighted by Gasteiger charge is -2.05. The van der Waals surface area contributed by atoms with Crippen molar-refractivity contribution in [3.63, 3.8) is 0 Å². The number of carboxylic acids is 1. The predicted molar refractivity (Wildman–Crippen MR) is 72.4 cm³/mol. The van der Waals surface area contributed by atoms with Gasteiger partial charge in [0, 0.05) is 18.2 Å². The molecule has 3 rings (SSSR count). The number of carbonyl (C=O) groups is 1. The first kappa shape index (κ1) is 11.7. The molecule has 1 heterocycles. The summed E-state index contributed by atoms with van der Waals surface area (Å²) in [7, 11) is 0. The molecule has 0 bridgehead atoms. The topological polar surface area (TPSA) is 62.2 Å². The maximum Gasteiger partial charge on any atom is 0.335 e. The fourth-order valence-electron chi connectivity index (χ4n) is 2.26. The van der Waals surface area contributed by atoms with Crippen molar-refractivity contribution in [3.05, 3.63) is 59.8 Å². The Balaban J connectivity index is 1.68. The van der Waals surface area contributed by atoms with Gasteiger partial charge in [0.15, 0.2) is 0 Å². The molecule has 1 saturated carbocycles. The molecule has 96 valence electrons. The third-order valence-electron chi connectivity index (χ3n) is 3.36. The highest BCUT2D eigenvalue weighted by Crippen LogP contribution is 2.42. The highest BCUT2D eigenvalue weighted by atomic mass is 16.4. The lowest BCUT2D eigenvalue weighted by atomic mass is 10.1. The minimum atomic E-state index is -0.930. The number of pyridine rings is 1. The Hall–Kier alpha value is -2.36. The summed E-state index contributed by atoms with van der Waals surface area (Å²) < 4.78 is 0. The molecule has 2 unspecified atom stereocenters. The molecule has 0 saturated heterocycles. The van der Waals surface area contributed by atoms with E-state index in [0.717, 1.165) is 6.42 Å². The smallest absolute Gasteiger partial charge is 0.335 e. The summed E-state index contributed by atoms with van der Waals surface area (Å²) in [6.45, 7) is 0. The third kappa shape index (κ3) is 2.57. The molecule has 4 heteroatoms. The van der Waals surface area contributed by atoms with Gasteiger partial charge >= 0.3 is 5.97 Å². The molecular weight excluding hydrogens is 240 g/mol. The van der Waals surface area contributed by atoms with Crippen LogP contribution in [0.3, 0.4) is 0 Å².